The van der Waals surface area contributed by atoms with Crippen molar-refractivity contribution in [3.8, 4) is 0 Å². The Labute approximate surface area is 175 Å². The van der Waals surface area contributed by atoms with Gasteiger partial charge in [-0.25, -0.2) is 9.37 Å². The number of benzene rings is 1. The molecule has 1 amide bonds. The molecular weight excluding hydrogens is 410 g/mol. The highest BCUT2D eigenvalue weighted by Crippen LogP contribution is 2.21. The standard InChI is InChI=1S/C18H23FN4OS.2ClH/c1-13-17(18(24)21-8-11-23-9-6-20-7-10-23)25-16(22-13)12-14-2-4-15(19)5-3-14;;/h2-5,20H,6-12H2,1H3,(H,21,24);2*1H. The molecule has 1 fully saturated rings. The third-order valence-electron chi connectivity index (χ3n) is 4.24. The SMILES string of the molecule is Cc1nc(Cc2ccc(F)cc2)sc1C(=O)NCCN1CCNCC1.Cl.Cl. The van der Waals surface area contributed by atoms with E-state index in [1.54, 1.807) is 12.1 Å². The van der Waals surface area contributed by atoms with Gasteiger partial charge in [-0.15, -0.1) is 36.2 Å². The van der Waals surface area contributed by atoms with E-state index in [1.807, 2.05) is 6.92 Å². The molecule has 0 atom stereocenters. The number of aryl methyl sites for hydroxylation is 1. The number of amides is 1. The fourth-order valence-corrected chi connectivity index (χ4v) is 3.87. The number of aromatic nitrogens is 1. The highest BCUT2D eigenvalue weighted by molar-refractivity contribution is 7.13. The van der Waals surface area contributed by atoms with Crippen LogP contribution in [0.1, 0.15) is 25.9 Å². The van der Waals surface area contributed by atoms with Crippen LogP contribution in [0.5, 0.6) is 0 Å². The molecule has 0 radical (unpaired) electrons. The highest BCUT2D eigenvalue weighted by atomic mass is 35.5. The molecule has 1 aromatic heterocycles. The van der Waals surface area contributed by atoms with Crippen molar-refractivity contribution in [3.05, 3.63) is 51.2 Å². The van der Waals surface area contributed by atoms with Gasteiger partial charge in [0.05, 0.1) is 10.7 Å². The summed E-state index contributed by atoms with van der Waals surface area (Å²) in [6, 6.07) is 6.39. The maximum Gasteiger partial charge on any atom is 0.263 e. The van der Waals surface area contributed by atoms with Crippen LogP contribution in [0.2, 0.25) is 0 Å². The predicted octanol–water partition coefficient (Wildman–Crippen LogP) is 2.66. The molecule has 1 saturated heterocycles. The van der Waals surface area contributed by atoms with Crippen LogP contribution in [-0.2, 0) is 6.42 Å². The van der Waals surface area contributed by atoms with Crippen molar-refractivity contribution in [1.82, 2.24) is 20.5 Å². The van der Waals surface area contributed by atoms with Crippen molar-refractivity contribution in [3.63, 3.8) is 0 Å². The lowest BCUT2D eigenvalue weighted by Gasteiger charge is -2.27. The van der Waals surface area contributed by atoms with Crippen LogP contribution in [0.15, 0.2) is 24.3 Å². The summed E-state index contributed by atoms with van der Waals surface area (Å²) in [6.07, 6.45) is 0.611. The Morgan fingerprint density at radius 2 is 1.93 bits per heavy atom. The molecule has 0 unspecified atom stereocenters. The molecule has 3 rings (SSSR count). The van der Waals surface area contributed by atoms with E-state index < -0.39 is 0 Å². The smallest absolute Gasteiger partial charge is 0.263 e. The number of piperazine rings is 1. The quantitative estimate of drug-likeness (QED) is 0.733. The summed E-state index contributed by atoms with van der Waals surface area (Å²) in [5.41, 5.74) is 1.74. The van der Waals surface area contributed by atoms with Gasteiger partial charge in [-0.2, -0.15) is 0 Å². The molecule has 150 valence electrons. The monoisotopic (exact) mass is 434 g/mol. The fourth-order valence-electron chi connectivity index (χ4n) is 2.86. The average molecular weight is 435 g/mol. The highest BCUT2D eigenvalue weighted by Gasteiger charge is 2.16. The summed E-state index contributed by atoms with van der Waals surface area (Å²) in [6.45, 7) is 7.44. The molecule has 1 aliphatic heterocycles. The van der Waals surface area contributed by atoms with Crippen LogP contribution < -0.4 is 10.6 Å². The lowest BCUT2D eigenvalue weighted by atomic mass is 10.1. The summed E-state index contributed by atoms with van der Waals surface area (Å²) in [4.78, 5) is 19.9. The van der Waals surface area contributed by atoms with Gasteiger partial charge >= 0.3 is 0 Å². The first-order valence-electron chi connectivity index (χ1n) is 8.54. The Morgan fingerprint density at radius 1 is 1.26 bits per heavy atom. The van der Waals surface area contributed by atoms with Crippen molar-refractivity contribution in [2.45, 2.75) is 13.3 Å². The topological polar surface area (TPSA) is 57.3 Å². The largest absolute Gasteiger partial charge is 0.350 e. The molecule has 0 bridgehead atoms. The van der Waals surface area contributed by atoms with E-state index in [0.717, 1.165) is 49.0 Å². The van der Waals surface area contributed by atoms with Gasteiger partial charge in [0.1, 0.15) is 10.7 Å². The van der Waals surface area contributed by atoms with Crippen LogP contribution in [-0.4, -0.2) is 55.1 Å². The molecule has 2 N–H and O–H groups in total. The van der Waals surface area contributed by atoms with Crippen LogP contribution in [0.25, 0.3) is 0 Å². The van der Waals surface area contributed by atoms with Gasteiger partial charge in [-0.1, -0.05) is 12.1 Å². The van der Waals surface area contributed by atoms with E-state index in [-0.39, 0.29) is 36.5 Å². The van der Waals surface area contributed by atoms with Crippen LogP contribution in [0.3, 0.4) is 0 Å². The first-order chi connectivity index (χ1) is 12.1. The molecule has 27 heavy (non-hydrogen) atoms. The van der Waals surface area contributed by atoms with Gasteiger partial charge in [0.15, 0.2) is 0 Å². The maximum absolute atomic E-state index is 13.0. The number of rotatable bonds is 6. The minimum absolute atomic E-state index is 0. The van der Waals surface area contributed by atoms with Gasteiger partial charge in [0.2, 0.25) is 0 Å². The van der Waals surface area contributed by atoms with Gasteiger partial charge in [-0.3, -0.25) is 9.69 Å². The minimum Gasteiger partial charge on any atom is -0.350 e. The van der Waals surface area contributed by atoms with Gasteiger partial charge < -0.3 is 10.6 Å². The molecule has 0 saturated carbocycles. The number of hydrogen-bond acceptors (Lipinski definition) is 5. The van der Waals surface area contributed by atoms with E-state index in [1.165, 1.54) is 23.5 Å². The number of halogens is 3. The molecule has 5 nitrogen and oxygen atoms in total. The molecule has 0 spiro atoms. The Balaban J connectivity index is 0.00000182. The van der Waals surface area contributed by atoms with E-state index >= 15 is 0 Å². The molecule has 0 aliphatic carbocycles. The summed E-state index contributed by atoms with van der Waals surface area (Å²) in [5.74, 6) is -0.306. The number of hydrogen-bond donors (Lipinski definition) is 2. The zero-order valence-corrected chi connectivity index (χ0v) is 17.6. The Kier molecular flexibility index (Phi) is 10.2. The number of carbonyl (C=O) groups excluding carboxylic acids is 1. The van der Waals surface area contributed by atoms with Gasteiger partial charge in [0.25, 0.3) is 5.91 Å². The van der Waals surface area contributed by atoms with Crippen LogP contribution in [0.4, 0.5) is 4.39 Å². The molecule has 2 heterocycles. The van der Waals surface area contributed by atoms with Gasteiger partial charge in [-0.05, 0) is 24.6 Å². The first kappa shape index (κ1) is 23.8. The minimum atomic E-state index is -0.247. The second-order valence-corrected chi connectivity index (χ2v) is 7.26. The average Bonchev–Trinajstić information content (AvgIpc) is 2.98. The van der Waals surface area contributed by atoms with E-state index in [0.29, 0.717) is 17.8 Å². The zero-order chi connectivity index (χ0) is 17.6. The molecular formula is C18H25Cl2FN4OS. The first-order valence-corrected chi connectivity index (χ1v) is 9.35. The lowest BCUT2D eigenvalue weighted by molar-refractivity contribution is 0.0950. The Morgan fingerprint density at radius 3 is 2.59 bits per heavy atom. The zero-order valence-electron chi connectivity index (χ0n) is 15.2. The van der Waals surface area contributed by atoms with Crippen LogP contribution >= 0.6 is 36.2 Å². The predicted molar refractivity (Wildman–Crippen MR) is 112 cm³/mol. The Bertz CT molecular complexity index is 721. The second-order valence-electron chi connectivity index (χ2n) is 6.17. The van der Waals surface area contributed by atoms with Gasteiger partial charge in [0, 0.05) is 45.7 Å². The maximum atomic E-state index is 13.0. The van der Waals surface area contributed by atoms with Crippen molar-refractivity contribution in [2.24, 2.45) is 0 Å². The number of nitrogens with one attached hydrogen (secondary N) is 2. The number of carbonyl (C=O) groups is 1. The van der Waals surface area contributed by atoms with Crippen molar-refractivity contribution >= 4 is 42.1 Å². The normalized spacial score (nSPS) is 14.1. The third kappa shape index (κ3) is 7.01. The number of thiazole rings is 1. The molecule has 2 aromatic rings. The second kappa shape index (κ2) is 11.6. The van der Waals surface area contributed by atoms with Crippen molar-refractivity contribution < 1.29 is 9.18 Å². The van der Waals surface area contributed by atoms with Crippen molar-refractivity contribution in [1.29, 1.82) is 0 Å². The number of nitrogens with zero attached hydrogens (tertiary/aromatic N) is 2. The van der Waals surface area contributed by atoms with Crippen LogP contribution in [0, 0.1) is 12.7 Å². The summed E-state index contributed by atoms with van der Waals surface area (Å²) >= 11 is 1.41. The third-order valence-corrected chi connectivity index (χ3v) is 5.40. The van der Waals surface area contributed by atoms with E-state index in [4.69, 9.17) is 0 Å². The van der Waals surface area contributed by atoms with E-state index in [2.05, 4.69) is 20.5 Å². The van der Waals surface area contributed by atoms with E-state index in [9.17, 15) is 9.18 Å². The molecule has 1 aliphatic rings. The Hall–Kier alpha value is -1.25. The molecule has 1 aromatic carbocycles. The summed E-state index contributed by atoms with van der Waals surface area (Å²) in [5, 5.41) is 7.18. The fraction of sp³-hybridized carbons (Fsp3) is 0.444. The van der Waals surface area contributed by atoms with Crippen molar-refractivity contribution in [2.75, 3.05) is 39.3 Å². The summed E-state index contributed by atoms with van der Waals surface area (Å²) < 4.78 is 13.0. The summed E-state index contributed by atoms with van der Waals surface area (Å²) in [7, 11) is 0. The lowest BCUT2D eigenvalue weighted by Crippen LogP contribution is -2.46. The molecule has 9 heteroatoms.